The maximum absolute atomic E-state index is 11.6. The number of carbonyl (C=O) groups excluding carboxylic acids is 1. The summed E-state index contributed by atoms with van der Waals surface area (Å²) in [6.07, 6.45) is 7.39. The molecule has 0 bridgehead atoms. The number of nitrogens with zero attached hydrogens (tertiary/aromatic N) is 4. The van der Waals surface area contributed by atoms with Gasteiger partial charge >= 0.3 is 0 Å². The highest BCUT2D eigenvalue weighted by Crippen LogP contribution is 2.28. The molecule has 0 radical (unpaired) electrons. The summed E-state index contributed by atoms with van der Waals surface area (Å²) in [6.45, 7) is 4.56. The van der Waals surface area contributed by atoms with Crippen molar-refractivity contribution in [2.45, 2.75) is 26.3 Å². The van der Waals surface area contributed by atoms with Gasteiger partial charge in [-0.3, -0.25) is 4.79 Å². The third-order valence-corrected chi connectivity index (χ3v) is 3.98. The molecule has 138 valence electrons. The first-order valence-electron chi connectivity index (χ1n) is 9.01. The Morgan fingerprint density at radius 3 is 2.85 bits per heavy atom. The lowest BCUT2D eigenvalue weighted by atomic mass is 10.2. The molecule has 1 fully saturated rings. The van der Waals surface area contributed by atoms with Crippen LogP contribution in [0.4, 0.5) is 0 Å². The van der Waals surface area contributed by atoms with Gasteiger partial charge in [0.15, 0.2) is 11.8 Å². The van der Waals surface area contributed by atoms with E-state index in [1.807, 2.05) is 31.3 Å². The van der Waals surface area contributed by atoms with Gasteiger partial charge in [0.2, 0.25) is 5.91 Å². The number of carbonyl (C=O) groups is 1. The fraction of sp³-hybridized carbons (Fsp3) is 0.444. The van der Waals surface area contributed by atoms with Crippen LogP contribution in [-0.2, 0) is 11.3 Å². The molecular weight excluding hydrogens is 330 g/mol. The zero-order valence-corrected chi connectivity index (χ0v) is 15.0. The number of guanidine groups is 1. The molecule has 0 saturated heterocycles. The Labute approximate surface area is 153 Å². The maximum atomic E-state index is 11.6. The van der Waals surface area contributed by atoms with Gasteiger partial charge in [-0.25, -0.2) is 14.7 Å². The standard InChI is InChI=1S/C18H25N7O/c1-2-19-18(22-10-9-21-17(26)15-4-5-15)23-13-14-6-8-20-16(12-14)25-11-3-7-24-25/h3,6-8,11-12,15H,2,4-5,9-10,13H2,1H3,(H,21,26)(H2,19,22,23). The van der Waals surface area contributed by atoms with Gasteiger partial charge in [-0.2, -0.15) is 5.10 Å². The molecule has 2 heterocycles. The summed E-state index contributed by atoms with van der Waals surface area (Å²) in [7, 11) is 0. The number of hydrogen-bond acceptors (Lipinski definition) is 4. The zero-order valence-electron chi connectivity index (χ0n) is 15.0. The monoisotopic (exact) mass is 355 g/mol. The van der Waals surface area contributed by atoms with Crippen LogP contribution < -0.4 is 16.0 Å². The van der Waals surface area contributed by atoms with Crippen LogP contribution in [-0.4, -0.2) is 46.3 Å². The SMILES string of the molecule is CCNC(=NCc1ccnc(-n2cccn2)c1)NCCNC(=O)C1CC1. The third-order valence-electron chi connectivity index (χ3n) is 3.98. The van der Waals surface area contributed by atoms with Crippen LogP contribution >= 0.6 is 0 Å². The van der Waals surface area contributed by atoms with Gasteiger partial charge in [-0.15, -0.1) is 0 Å². The van der Waals surface area contributed by atoms with Crippen molar-refractivity contribution in [3.05, 3.63) is 42.4 Å². The molecule has 1 aliphatic rings. The Kier molecular flexibility index (Phi) is 6.19. The maximum Gasteiger partial charge on any atom is 0.223 e. The Hall–Kier alpha value is -2.90. The summed E-state index contributed by atoms with van der Waals surface area (Å²) in [4.78, 5) is 20.5. The molecule has 1 aliphatic carbocycles. The molecule has 0 aromatic carbocycles. The lowest BCUT2D eigenvalue weighted by molar-refractivity contribution is -0.122. The van der Waals surface area contributed by atoms with Crippen molar-refractivity contribution < 1.29 is 4.79 Å². The Balaban J connectivity index is 1.51. The average molecular weight is 355 g/mol. The van der Waals surface area contributed by atoms with Crippen LogP contribution in [0.2, 0.25) is 0 Å². The molecule has 3 rings (SSSR count). The number of rotatable bonds is 8. The van der Waals surface area contributed by atoms with Crippen LogP contribution in [0.5, 0.6) is 0 Å². The van der Waals surface area contributed by atoms with Crippen LogP contribution in [0, 0.1) is 5.92 Å². The fourth-order valence-corrected chi connectivity index (χ4v) is 2.46. The number of nitrogens with one attached hydrogen (secondary N) is 3. The second-order valence-corrected chi connectivity index (χ2v) is 6.16. The lowest BCUT2D eigenvalue weighted by Gasteiger charge is -2.12. The van der Waals surface area contributed by atoms with E-state index in [0.29, 0.717) is 19.6 Å². The molecule has 0 spiro atoms. The van der Waals surface area contributed by atoms with Gasteiger partial charge in [0.05, 0.1) is 6.54 Å². The summed E-state index contributed by atoms with van der Waals surface area (Å²) in [5.74, 6) is 1.90. The highest BCUT2D eigenvalue weighted by molar-refractivity contribution is 5.81. The van der Waals surface area contributed by atoms with Crippen molar-refractivity contribution in [2.75, 3.05) is 19.6 Å². The molecule has 0 atom stereocenters. The van der Waals surface area contributed by atoms with Crippen LogP contribution in [0.3, 0.4) is 0 Å². The zero-order chi connectivity index (χ0) is 18.2. The minimum absolute atomic E-state index is 0.164. The van der Waals surface area contributed by atoms with Crippen molar-refractivity contribution >= 4 is 11.9 Å². The van der Waals surface area contributed by atoms with Gasteiger partial charge in [-0.1, -0.05) is 0 Å². The molecule has 2 aromatic rings. The van der Waals surface area contributed by atoms with Crippen molar-refractivity contribution in [3.63, 3.8) is 0 Å². The Morgan fingerprint density at radius 1 is 1.27 bits per heavy atom. The van der Waals surface area contributed by atoms with Crippen molar-refractivity contribution in [3.8, 4) is 5.82 Å². The first-order chi connectivity index (χ1) is 12.8. The average Bonchev–Trinajstić information content (AvgIpc) is 3.37. The van der Waals surface area contributed by atoms with Gasteiger partial charge in [-0.05, 0) is 43.5 Å². The number of amides is 1. The number of hydrogen-bond donors (Lipinski definition) is 3. The molecule has 1 saturated carbocycles. The summed E-state index contributed by atoms with van der Waals surface area (Å²) < 4.78 is 1.72. The molecule has 3 N–H and O–H groups in total. The second kappa shape index (κ2) is 8.98. The third kappa shape index (κ3) is 5.30. The first-order valence-corrected chi connectivity index (χ1v) is 9.01. The predicted octanol–water partition coefficient (Wildman–Crippen LogP) is 0.849. The van der Waals surface area contributed by atoms with E-state index in [9.17, 15) is 4.79 Å². The van der Waals surface area contributed by atoms with E-state index in [1.165, 1.54) is 0 Å². The number of aliphatic imine (C=N–C) groups is 1. The highest BCUT2D eigenvalue weighted by Gasteiger charge is 2.28. The van der Waals surface area contributed by atoms with Gasteiger partial charge in [0, 0.05) is 44.1 Å². The molecular formula is C18H25N7O. The second-order valence-electron chi connectivity index (χ2n) is 6.16. The van der Waals surface area contributed by atoms with E-state index in [1.54, 1.807) is 17.1 Å². The van der Waals surface area contributed by atoms with E-state index in [4.69, 9.17) is 0 Å². The van der Waals surface area contributed by atoms with Gasteiger partial charge in [0.25, 0.3) is 0 Å². The van der Waals surface area contributed by atoms with E-state index < -0.39 is 0 Å². The minimum Gasteiger partial charge on any atom is -0.357 e. The lowest BCUT2D eigenvalue weighted by Crippen LogP contribution is -2.41. The molecule has 0 aliphatic heterocycles. The van der Waals surface area contributed by atoms with Gasteiger partial charge < -0.3 is 16.0 Å². The van der Waals surface area contributed by atoms with Crippen molar-refractivity contribution in [2.24, 2.45) is 10.9 Å². The van der Waals surface area contributed by atoms with E-state index >= 15 is 0 Å². The molecule has 1 amide bonds. The summed E-state index contributed by atoms with van der Waals surface area (Å²) in [6, 6.07) is 5.77. The highest BCUT2D eigenvalue weighted by atomic mass is 16.2. The Bertz CT molecular complexity index is 738. The topological polar surface area (TPSA) is 96.2 Å². The molecule has 2 aromatic heterocycles. The van der Waals surface area contributed by atoms with Crippen molar-refractivity contribution in [1.29, 1.82) is 0 Å². The molecule has 26 heavy (non-hydrogen) atoms. The van der Waals surface area contributed by atoms with Crippen molar-refractivity contribution in [1.82, 2.24) is 30.7 Å². The summed E-state index contributed by atoms with van der Waals surface area (Å²) >= 11 is 0. The fourth-order valence-electron chi connectivity index (χ4n) is 2.46. The van der Waals surface area contributed by atoms with Crippen LogP contribution in [0.15, 0.2) is 41.8 Å². The predicted molar refractivity (Wildman–Crippen MR) is 99.9 cm³/mol. The number of aromatic nitrogens is 3. The van der Waals surface area contributed by atoms with Gasteiger partial charge in [0.1, 0.15) is 0 Å². The number of pyridine rings is 1. The summed E-state index contributed by atoms with van der Waals surface area (Å²) in [5.41, 5.74) is 1.05. The van der Waals surface area contributed by atoms with E-state index in [0.717, 1.165) is 36.7 Å². The van der Waals surface area contributed by atoms with E-state index in [-0.39, 0.29) is 11.8 Å². The smallest absolute Gasteiger partial charge is 0.223 e. The van der Waals surface area contributed by atoms with E-state index in [2.05, 4.69) is 31.0 Å². The first kappa shape index (κ1) is 17.9. The molecule has 8 nitrogen and oxygen atoms in total. The van der Waals surface area contributed by atoms with Crippen LogP contribution in [0.25, 0.3) is 5.82 Å². The van der Waals surface area contributed by atoms with Crippen LogP contribution in [0.1, 0.15) is 25.3 Å². The largest absolute Gasteiger partial charge is 0.357 e. The summed E-state index contributed by atoms with van der Waals surface area (Å²) in [5, 5.41) is 13.6. The normalized spacial score (nSPS) is 14.1. The molecule has 8 heteroatoms. The minimum atomic E-state index is 0.164. The molecule has 0 unspecified atom stereocenters. The quantitative estimate of drug-likeness (QED) is 0.371. The Morgan fingerprint density at radius 2 is 2.12 bits per heavy atom.